The number of rotatable bonds is 7. The number of nitrogens with zero attached hydrogens (tertiary/aromatic N) is 3. The predicted molar refractivity (Wildman–Crippen MR) is 117 cm³/mol. The molecule has 3 aliphatic heterocycles. The zero-order valence-electron chi connectivity index (χ0n) is 18.1. The van der Waals surface area contributed by atoms with Crippen LogP contribution in [-0.2, 0) is 20.9 Å². The number of fused-ring (bicyclic) bond motifs is 1. The third-order valence-electron chi connectivity index (χ3n) is 7.04. The van der Waals surface area contributed by atoms with Crippen LogP contribution in [0, 0.1) is 0 Å². The summed E-state index contributed by atoms with van der Waals surface area (Å²) in [6.07, 6.45) is 4.39. The van der Waals surface area contributed by atoms with Gasteiger partial charge in [0.15, 0.2) is 0 Å². The molecule has 0 aliphatic carbocycles. The van der Waals surface area contributed by atoms with Crippen LogP contribution in [0.3, 0.4) is 0 Å². The van der Waals surface area contributed by atoms with Gasteiger partial charge in [-0.25, -0.2) is 0 Å². The molecule has 3 saturated heterocycles. The Morgan fingerprint density at radius 1 is 1.30 bits per heavy atom. The Kier molecular flexibility index (Phi) is 7.08. The van der Waals surface area contributed by atoms with Crippen molar-refractivity contribution in [2.75, 3.05) is 40.4 Å². The van der Waals surface area contributed by atoms with Gasteiger partial charge in [0.1, 0.15) is 6.04 Å². The van der Waals surface area contributed by atoms with E-state index in [0.29, 0.717) is 19.6 Å². The Labute approximate surface area is 183 Å². The zero-order valence-corrected chi connectivity index (χ0v) is 18.9. The van der Waals surface area contributed by atoms with Gasteiger partial charge in [0, 0.05) is 56.7 Å². The van der Waals surface area contributed by atoms with E-state index < -0.39 is 0 Å². The fourth-order valence-corrected chi connectivity index (χ4v) is 6.12. The summed E-state index contributed by atoms with van der Waals surface area (Å²) in [7, 11) is 3.83. The van der Waals surface area contributed by atoms with Crippen LogP contribution in [0.1, 0.15) is 37.0 Å². The van der Waals surface area contributed by atoms with Crippen molar-refractivity contribution < 1.29 is 14.3 Å². The highest BCUT2D eigenvalue weighted by molar-refractivity contribution is 7.09. The molecule has 166 valence electrons. The summed E-state index contributed by atoms with van der Waals surface area (Å²) < 4.78 is 5.29. The minimum absolute atomic E-state index is 0.109. The molecule has 7 nitrogen and oxygen atoms in total. The van der Waals surface area contributed by atoms with Crippen molar-refractivity contribution in [2.45, 2.75) is 62.8 Å². The van der Waals surface area contributed by atoms with E-state index in [1.807, 2.05) is 4.90 Å². The molecule has 1 N–H and O–H groups in total. The smallest absolute Gasteiger partial charge is 0.239 e. The summed E-state index contributed by atoms with van der Waals surface area (Å²) in [6.45, 7) is 3.84. The fraction of sp³-hybridized carbons (Fsp3) is 0.727. The number of ether oxygens (including phenoxy) is 1. The molecule has 0 aromatic carbocycles. The first-order valence-corrected chi connectivity index (χ1v) is 12.0. The summed E-state index contributed by atoms with van der Waals surface area (Å²) in [5.41, 5.74) is 0. The van der Waals surface area contributed by atoms with Crippen LogP contribution in [0.15, 0.2) is 17.5 Å². The molecule has 0 saturated carbocycles. The highest BCUT2D eigenvalue weighted by Gasteiger charge is 2.45. The maximum absolute atomic E-state index is 12.9. The number of likely N-dealkylation sites (N-methyl/N-ethyl adjacent to an activating group) is 1. The zero-order chi connectivity index (χ0) is 21.1. The maximum atomic E-state index is 12.9. The number of thiophene rings is 1. The largest absolute Gasteiger partial charge is 0.383 e. The molecular formula is C22H34N4O3S. The average Bonchev–Trinajstić information content (AvgIpc) is 3.47. The van der Waals surface area contributed by atoms with Gasteiger partial charge in [-0.2, -0.15) is 0 Å². The normalized spacial score (nSPS) is 30.3. The summed E-state index contributed by atoms with van der Waals surface area (Å²) in [6, 6.07) is 4.72. The Hall–Kier alpha value is -1.48. The molecule has 30 heavy (non-hydrogen) atoms. The van der Waals surface area contributed by atoms with Gasteiger partial charge in [-0.3, -0.25) is 19.4 Å². The first-order chi connectivity index (χ1) is 14.6. The van der Waals surface area contributed by atoms with Crippen molar-refractivity contribution >= 4 is 23.2 Å². The van der Waals surface area contributed by atoms with Gasteiger partial charge in [-0.15, -0.1) is 11.3 Å². The van der Waals surface area contributed by atoms with E-state index in [2.05, 4.69) is 39.7 Å². The molecular weight excluding hydrogens is 400 g/mol. The molecule has 0 bridgehead atoms. The monoisotopic (exact) mass is 434 g/mol. The summed E-state index contributed by atoms with van der Waals surface area (Å²) in [5.74, 6) is 0.357. The third-order valence-corrected chi connectivity index (χ3v) is 7.90. The molecule has 8 heteroatoms. The number of likely N-dealkylation sites (tertiary alicyclic amines) is 2. The second kappa shape index (κ2) is 9.77. The molecule has 0 unspecified atom stereocenters. The number of hydrogen-bond donors (Lipinski definition) is 1. The SMILES string of the molecule is COC[C@H]1CCCN1C(=O)CC[C@H]1CNC(=O)[C@@H]2[C@@H](CCN2Cc2cccs2)N1C. The summed E-state index contributed by atoms with van der Waals surface area (Å²) >= 11 is 1.75. The first kappa shape index (κ1) is 21.7. The molecule has 2 amide bonds. The lowest BCUT2D eigenvalue weighted by atomic mass is 10.0. The fourth-order valence-electron chi connectivity index (χ4n) is 5.39. The topological polar surface area (TPSA) is 65.1 Å². The van der Waals surface area contributed by atoms with E-state index in [0.717, 1.165) is 45.3 Å². The number of carbonyl (C=O) groups excluding carboxylic acids is 2. The first-order valence-electron chi connectivity index (χ1n) is 11.1. The summed E-state index contributed by atoms with van der Waals surface area (Å²) in [4.78, 5) is 33.7. The van der Waals surface area contributed by atoms with Crippen LogP contribution in [0.2, 0.25) is 0 Å². The molecule has 3 aliphatic rings. The number of nitrogens with one attached hydrogen (secondary N) is 1. The Bertz CT molecular complexity index is 728. The lowest BCUT2D eigenvalue weighted by Gasteiger charge is -2.33. The van der Waals surface area contributed by atoms with E-state index in [4.69, 9.17) is 4.74 Å². The summed E-state index contributed by atoms with van der Waals surface area (Å²) in [5, 5.41) is 5.25. The van der Waals surface area contributed by atoms with Crippen molar-refractivity contribution in [3.05, 3.63) is 22.4 Å². The molecule has 4 rings (SSSR count). The molecule has 4 heterocycles. The Balaban J connectivity index is 1.36. The van der Waals surface area contributed by atoms with Gasteiger partial charge in [0.05, 0.1) is 12.6 Å². The second-order valence-corrected chi connectivity index (χ2v) is 9.82. The standard InChI is InChI=1S/C22H34N4O3S/c1-24-16(7-8-20(27)26-10-3-5-17(26)15-29-2)13-23-22(28)21-19(24)9-11-25(21)14-18-6-4-12-30-18/h4,6,12,16-17,19,21H,3,5,7-11,13-15H2,1-2H3,(H,23,28)/t16-,17+,19+,21-/m0/s1. The number of carbonyl (C=O) groups is 2. The molecule has 1 aromatic heterocycles. The van der Waals surface area contributed by atoms with E-state index in [1.54, 1.807) is 18.4 Å². The third kappa shape index (κ3) is 4.56. The molecule has 4 atom stereocenters. The van der Waals surface area contributed by atoms with Crippen molar-refractivity contribution in [3.63, 3.8) is 0 Å². The molecule has 0 radical (unpaired) electrons. The molecule has 3 fully saturated rings. The van der Waals surface area contributed by atoms with Gasteiger partial charge >= 0.3 is 0 Å². The quantitative estimate of drug-likeness (QED) is 0.705. The van der Waals surface area contributed by atoms with E-state index in [1.165, 1.54) is 4.88 Å². The van der Waals surface area contributed by atoms with Crippen LogP contribution < -0.4 is 5.32 Å². The van der Waals surface area contributed by atoms with Gasteiger partial charge < -0.3 is 15.0 Å². The lowest BCUT2D eigenvalue weighted by Crippen LogP contribution is -2.49. The highest BCUT2D eigenvalue weighted by atomic mass is 32.1. The highest BCUT2D eigenvalue weighted by Crippen LogP contribution is 2.29. The Morgan fingerprint density at radius 3 is 2.93 bits per heavy atom. The van der Waals surface area contributed by atoms with Gasteiger partial charge in [-0.05, 0) is 44.2 Å². The van der Waals surface area contributed by atoms with Crippen LogP contribution in [0.25, 0.3) is 0 Å². The van der Waals surface area contributed by atoms with E-state index in [-0.39, 0.29) is 36.0 Å². The van der Waals surface area contributed by atoms with Crippen LogP contribution in [0.4, 0.5) is 0 Å². The Morgan fingerprint density at radius 2 is 2.17 bits per heavy atom. The molecule has 1 aromatic rings. The van der Waals surface area contributed by atoms with Gasteiger partial charge in [0.2, 0.25) is 11.8 Å². The van der Waals surface area contributed by atoms with Crippen LogP contribution in [-0.4, -0.2) is 91.1 Å². The minimum Gasteiger partial charge on any atom is -0.383 e. The lowest BCUT2D eigenvalue weighted by molar-refractivity contribution is -0.133. The number of methoxy groups -OCH3 is 1. The van der Waals surface area contributed by atoms with E-state index >= 15 is 0 Å². The maximum Gasteiger partial charge on any atom is 0.239 e. The van der Waals surface area contributed by atoms with Gasteiger partial charge in [-0.1, -0.05) is 6.07 Å². The van der Waals surface area contributed by atoms with Crippen molar-refractivity contribution in [2.24, 2.45) is 0 Å². The molecule has 0 spiro atoms. The van der Waals surface area contributed by atoms with E-state index in [9.17, 15) is 9.59 Å². The second-order valence-electron chi connectivity index (χ2n) is 8.79. The van der Waals surface area contributed by atoms with Crippen LogP contribution >= 0.6 is 11.3 Å². The minimum atomic E-state index is -0.109. The number of amides is 2. The van der Waals surface area contributed by atoms with Crippen molar-refractivity contribution in [3.8, 4) is 0 Å². The van der Waals surface area contributed by atoms with Crippen molar-refractivity contribution in [1.82, 2.24) is 20.0 Å². The number of hydrogen-bond acceptors (Lipinski definition) is 6. The van der Waals surface area contributed by atoms with Crippen molar-refractivity contribution in [1.29, 1.82) is 0 Å². The van der Waals surface area contributed by atoms with Crippen LogP contribution in [0.5, 0.6) is 0 Å². The predicted octanol–water partition coefficient (Wildman–Crippen LogP) is 1.54. The van der Waals surface area contributed by atoms with Gasteiger partial charge in [0.25, 0.3) is 0 Å². The average molecular weight is 435 g/mol.